The molecule has 0 saturated heterocycles. The Morgan fingerprint density at radius 1 is 1.07 bits per heavy atom. The van der Waals surface area contributed by atoms with Crippen molar-refractivity contribution in [1.82, 2.24) is 10.2 Å². The molecule has 156 valence electrons. The molecule has 8 heteroatoms. The molecule has 2 N–H and O–H groups in total. The van der Waals surface area contributed by atoms with Crippen molar-refractivity contribution in [2.45, 2.75) is 33.1 Å². The van der Waals surface area contributed by atoms with E-state index in [1.54, 1.807) is 31.1 Å². The summed E-state index contributed by atoms with van der Waals surface area (Å²) >= 11 is 0. The first-order chi connectivity index (χ1) is 13.5. The second-order valence-corrected chi connectivity index (χ2v) is 6.22. The van der Waals surface area contributed by atoms with Crippen LogP contribution in [-0.4, -0.2) is 62.6 Å². The van der Waals surface area contributed by atoms with Gasteiger partial charge in [0, 0.05) is 13.0 Å². The van der Waals surface area contributed by atoms with Crippen LogP contribution in [0.4, 0.5) is 5.69 Å². The van der Waals surface area contributed by atoms with E-state index in [0.29, 0.717) is 37.6 Å². The molecule has 2 amide bonds. The van der Waals surface area contributed by atoms with Crippen molar-refractivity contribution in [1.29, 1.82) is 0 Å². The van der Waals surface area contributed by atoms with Crippen LogP contribution in [0, 0.1) is 0 Å². The number of methoxy groups -OCH3 is 1. The lowest BCUT2D eigenvalue weighted by atomic mass is 10.3. The third-order valence-electron chi connectivity index (χ3n) is 3.84. The second-order valence-electron chi connectivity index (χ2n) is 6.22. The van der Waals surface area contributed by atoms with Gasteiger partial charge in [0.05, 0.1) is 32.5 Å². The first-order valence-electron chi connectivity index (χ1n) is 9.57. The van der Waals surface area contributed by atoms with Crippen LogP contribution in [0.3, 0.4) is 0 Å². The molecule has 0 aromatic heterocycles. The van der Waals surface area contributed by atoms with Crippen LogP contribution >= 0.6 is 0 Å². The van der Waals surface area contributed by atoms with E-state index in [0.717, 1.165) is 6.42 Å². The van der Waals surface area contributed by atoms with E-state index in [-0.39, 0.29) is 37.3 Å². The lowest BCUT2D eigenvalue weighted by Gasteiger charge is -2.21. The van der Waals surface area contributed by atoms with E-state index in [2.05, 4.69) is 10.6 Å². The number of para-hydroxylation sites is 2. The number of benzene rings is 1. The van der Waals surface area contributed by atoms with Crippen molar-refractivity contribution in [2.75, 3.05) is 45.2 Å². The predicted molar refractivity (Wildman–Crippen MR) is 107 cm³/mol. The molecule has 0 aliphatic rings. The van der Waals surface area contributed by atoms with Gasteiger partial charge in [0.15, 0.2) is 0 Å². The maximum Gasteiger partial charge on any atom is 0.305 e. The topological polar surface area (TPSA) is 97.0 Å². The monoisotopic (exact) mass is 393 g/mol. The normalized spacial score (nSPS) is 10.4. The number of rotatable bonds is 13. The van der Waals surface area contributed by atoms with Gasteiger partial charge in [0.25, 0.3) is 0 Å². The Labute approximate surface area is 166 Å². The molecule has 1 rings (SSSR count). The van der Waals surface area contributed by atoms with Crippen LogP contribution in [0.25, 0.3) is 0 Å². The molecule has 0 fully saturated rings. The summed E-state index contributed by atoms with van der Waals surface area (Å²) in [4.78, 5) is 37.5. The third-order valence-corrected chi connectivity index (χ3v) is 3.84. The average Bonchev–Trinajstić information content (AvgIpc) is 2.66. The minimum absolute atomic E-state index is 0.0993. The highest BCUT2D eigenvalue weighted by atomic mass is 16.5. The van der Waals surface area contributed by atoms with Crippen LogP contribution in [0.2, 0.25) is 0 Å². The van der Waals surface area contributed by atoms with E-state index >= 15 is 0 Å². The number of nitrogens with one attached hydrogen (secondary N) is 2. The van der Waals surface area contributed by atoms with E-state index < -0.39 is 0 Å². The third kappa shape index (κ3) is 9.36. The zero-order valence-electron chi connectivity index (χ0n) is 17.0. The Balaban J connectivity index is 2.43. The van der Waals surface area contributed by atoms with Gasteiger partial charge in [-0.25, -0.2) is 0 Å². The van der Waals surface area contributed by atoms with Gasteiger partial charge in [0.2, 0.25) is 11.8 Å². The van der Waals surface area contributed by atoms with Gasteiger partial charge >= 0.3 is 5.97 Å². The summed E-state index contributed by atoms with van der Waals surface area (Å²) in [5.74, 6) is -0.0786. The Morgan fingerprint density at radius 3 is 2.46 bits per heavy atom. The van der Waals surface area contributed by atoms with Crippen LogP contribution in [0.5, 0.6) is 5.75 Å². The van der Waals surface area contributed by atoms with E-state index in [4.69, 9.17) is 9.47 Å². The van der Waals surface area contributed by atoms with Crippen molar-refractivity contribution in [3.8, 4) is 5.75 Å². The molecule has 0 aliphatic heterocycles. The Hall–Kier alpha value is -2.61. The Morgan fingerprint density at radius 2 is 1.79 bits per heavy atom. The number of hydrogen-bond acceptors (Lipinski definition) is 6. The molecule has 1 aromatic rings. The molecule has 1 aromatic carbocycles. The fourth-order valence-corrected chi connectivity index (χ4v) is 2.62. The number of hydrogen-bond donors (Lipinski definition) is 2. The van der Waals surface area contributed by atoms with Crippen molar-refractivity contribution >= 4 is 23.5 Å². The van der Waals surface area contributed by atoms with Gasteiger partial charge in [-0.1, -0.05) is 19.1 Å². The molecule has 0 unspecified atom stereocenters. The van der Waals surface area contributed by atoms with Gasteiger partial charge in [-0.05, 0) is 38.4 Å². The van der Waals surface area contributed by atoms with Gasteiger partial charge in [-0.2, -0.15) is 0 Å². The minimum atomic E-state index is -0.266. The number of amides is 2. The first kappa shape index (κ1) is 23.4. The maximum atomic E-state index is 12.4. The van der Waals surface area contributed by atoms with Crippen LogP contribution in [-0.2, 0) is 19.1 Å². The minimum Gasteiger partial charge on any atom is -0.495 e. The smallest absolute Gasteiger partial charge is 0.305 e. The highest BCUT2D eigenvalue weighted by Gasteiger charge is 2.15. The van der Waals surface area contributed by atoms with Crippen molar-refractivity contribution in [2.24, 2.45) is 0 Å². The Kier molecular flexibility index (Phi) is 11.3. The highest BCUT2D eigenvalue weighted by Crippen LogP contribution is 2.22. The predicted octanol–water partition coefficient (Wildman–Crippen LogP) is 1.81. The lowest BCUT2D eigenvalue weighted by Crippen LogP contribution is -2.41. The maximum absolute atomic E-state index is 12.4. The van der Waals surface area contributed by atoms with Crippen molar-refractivity contribution in [3.63, 3.8) is 0 Å². The number of anilines is 1. The van der Waals surface area contributed by atoms with Crippen molar-refractivity contribution < 1.29 is 23.9 Å². The Bertz CT molecular complexity index is 636. The highest BCUT2D eigenvalue weighted by molar-refractivity contribution is 5.94. The molecule has 0 aliphatic carbocycles. The lowest BCUT2D eigenvalue weighted by molar-refractivity contribution is -0.143. The van der Waals surface area contributed by atoms with E-state index in [1.807, 2.05) is 19.1 Å². The van der Waals surface area contributed by atoms with Gasteiger partial charge in [0.1, 0.15) is 5.75 Å². The molecule has 0 spiro atoms. The molecular formula is C20H31N3O5. The second kappa shape index (κ2) is 13.5. The van der Waals surface area contributed by atoms with Gasteiger partial charge < -0.3 is 20.1 Å². The van der Waals surface area contributed by atoms with Gasteiger partial charge in [-0.15, -0.1) is 0 Å². The number of esters is 1. The summed E-state index contributed by atoms with van der Waals surface area (Å²) < 4.78 is 10.1. The largest absolute Gasteiger partial charge is 0.495 e. The zero-order chi connectivity index (χ0) is 20.8. The summed E-state index contributed by atoms with van der Waals surface area (Å²) in [6.45, 7) is 5.33. The molecule has 0 atom stereocenters. The molecule has 28 heavy (non-hydrogen) atoms. The summed E-state index contributed by atoms with van der Waals surface area (Å²) in [5.41, 5.74) is 0.592. The number of nitrogens with zero attached hydrogens (tertiary/aromatic N) is 1. The molecule has 0 heterocycles. The van der Waals surface area contributed by atoms with E-state index in [9.17, 15) is 14.4 Å². The summed E-state index contributed by atoms with van der Waals surface area (Å²) in [5, 5.41) is 5.58. The van der Waals surface area contributed by atoms with Crippen LogP contribution < -0.4 is 15.4 Å². The fourth-order valence-electron chi connectivity index (χ4n) is 2.62. The standard InChI is InChI=1S/C20H31N3O5/c1-4-13-23(14-18(24)21-12-8-11-20(26)28-5-2)15-19(25)22-16-9-6-7-10-17(16)27-3/h6-7,9-10H,4-5,8,11-15H2,1-3H3,(H,21,24)(H,22,25). The van der Waals surface area contributed by atoms with Crippen LogP contribution in [0.1, 0.15) is 33.1 Å². The SMILES string of the molecule is CCCN(CC(=O)NCCCC(=O)OCC)CC(=O)Nc1ccccc1OC. The van der Waals surface area contributed by atoms with Crippen LogP contribution in [0.15, 0.2) is 24.3 Å². The fraction of sp³-hybridized carbons (Fsp3) is 0.550. The van der Waals surface area contributed by atoms with Gasteiger partial charge in [-0.3, -0.25) is 19.3 Å². The summed E-state index contributed by atoms with van der Waals surface area (Å²) in [7, 11) is 1.54. The molecular weight excluding hydrogens is 362 g/mol. The summed E-state index contributed by atoms with van der Waals surface area (Å²) in [6, 6.07) is 7.16. The molecule has 0 radical (unpaired) electrons. The molecule has 0 saturated carbocycles. The number of ether oxygens (including phenoxy) is 2. The summed E-state index contributed by atoms with van der Waals surface area (Å²) in [6.07, 6.45) is 1.61. The number of carbonyl (C=O) groups excluding carboxylic acids is 3. The first-order valence-corrected chi connectivity index (χ1v) is 9.57. The number of carbonyl (C=O) groups is 3. The quantitative estimate of drug-likeness (QED) is 0.392. The average molecular weight is 393 g/mol. The van der Waals surface area contributed by atoms with E-state index in [1.165, 1.54) is 0 Å². The van der Waals surface area contributed by atoms with Crippen molar-refractivity contribution in [3.05, 3.63) is 24.3 Å². The zero-order valence-corrected chi connectivity index (χ0v) is 17.0. The molecule has 0 bridgehead atoms. The molecule has 8 nitrogen and oxygen atoms in total.